The fourth-order valence-corrected chi connectivity index (χ4v) is 2.46. The molecule has 1 aromatic carbocycles. The van der Waals surface area contributed by atoms with Gasteiger partial charge in [-0.05, 0) is 47.9 Å². The van der Waals surface area contributed by atoms with Crippen LogP contribution in [0.1, 0.15) is 16.7 Å². The molecule has 2 rings (SSSR count). The second kappa shape index (κ2) is 6.34. The molecule has 0 bridgehead atoms. The summed E-state index contributed by atoms with van der Waals surface area (Å²) < 4.78 is 0. The molecule has 0 atom stereocenters. The molecule has 0 spiro atoms. The molecule has 0 saturated carbocycles. The first kappa shape index (κ1) is 14.3. The number of nitrogens with one attached hydrogen (secondary N) is 2. The number of hydrogen-bond donors (Lipinski definition) is 2. The van der Waals surface area contributed by atoms with E-state index in [0.717, 1.165) is 16.7 Å². The first-order chi connectivity index (χ1) is 9.56. The van der Waals surface area contributed by atoms with Crippen molar-refractivity contribution >= 4 is 28.8 Å². The van der Waals surface area contributed by atoms with E-state index in [1.807, 2.05) is 42.8 Å². The number of hydrogen-bond acceptors (Lipinski definition) is 3. The fraction of sp³-hybridized carbons (Fsp3) is 0.200. The van der Waals surface area contributed by atoms with Gasteiger partial charge in [0.05, 0.1) is 0 Å². The minimum Gasteiger partial charge on any atom is -0.344 e. The molecule has 104 valence electrons. The topological polar surface area (TPSA) is 58.2 Å². The van der Waals surface area contributed by atoms with E-state index in [1.165, 1.54) is 0 Å². The van der Waals surface area contributed by atoms with Crippen molar-refractivity contribution in [1.82, 2.24) is 5.32 Å². The maximum absolute atomic E-state index is 11.8. The maximum Gasteiger partial charge on any atom is 0.313 e. The Morgan fingerprint density at radius 1 is 1.15 bits per heavy atom. The van der Waals surface area contributed by atoms with E-state index in [9.17, 15) is 9.59 Å². The van der Waals surface area contributed by atoms with Crippen LogP contribution in [0.5, 0.6) is 0 Å². The Kier molecular flexibility index (Phi) is 4.53. The molecule has 2 aromatic rings. The van der Waals surface area contributed by atoms with Crippen molar-refractivity contribution in [2.75, 3.05) is 5.32 Å². The maximum atomic E-state index is 11.8. The van der Waals surface area contributed by atoms with Crippen molar-refractivity contribution < 1.29 is 9.59 Å². The van der Waals surface area contributed by atoms with Crippen molar-refractivity contribution in [3.05, 3.63) is 51.7 Å². The summed E-state index contributed by atoms with van der Waals surface area (Å²) in [5, 5.41) is 9.07. The SMILES string of the molecule is Cc1ccc(NC(=O)C(=O)NCc2ccsc2)c(C)c1. The van der Waals surface area contributed by atoms with Gasteiger partial charge in [0.15, 0.2) is 0 Å². The van der Waals surface area contributed by atoms with Crippen LogP contribution in [0, 0.1) is 13.8 Å². The average molecular weight is 288 g/mol. The van der Waals surface area contributed by atoms with Crippen molar-refractivity contribution in [2.45, 2.75) is 20.4 Å². The third-order valence-electron chi connectivity index (χ3n) is 2.87. The zero-order valence-corrected chi connectivity index (χ0v) is 12.2. The molecule has 4 nitrogen and oxygen atoms in total. The summed E-state index contributed by atoms with van der Waals surface area (Å²) in [6.07, 6.45) is 0. The van der Waals surface area contributed by atoms with E-state index in [1.54, 1.807) is 17.4 Å². The number of anilines is 1. The Hall–Kier alpha value is -2.14. The number of rotatable bonds is 3. The number of carbonyl (C=O) groups excluding carboxylic acids is 2. The molecule has 0 aliphatic heterocycles. The quantitative estimate of drug-likeness (QED) is 0.853. The molecule has 0 fully saturated rings. The zero-order chi connectivity index (χ0) is 14.5. The van der Waals surface area contributed by atoms with E-state index in [0.29, 0.717) is 12.2 Å². The zero-order valence-electron chi connectivity index (χ0n) is 11.4. The Balaban J connectivity index is 1.92. The van der Waals surface area contributed by atoms with E-state index in [4.69, 9.17) is 0 Å². The van der Waals surface area contributed by atoms with Crippen LogP contribution in [0.15, 0.2) is 35.0 Å². The first-order valence-electron chi connectivity index (χ1n) is 6.24. The lowest BCUT2D eigenvalue weighted by Crippen LogP contribution is -2.35. The summed E-state index contributed by atoms with van der Waals surface area (Å²) in [6.45, 7) is 4.24. The normalized spacial score (nSPS) is 10.1. The van der Waals surface area contributed by atoms with Gasteiger partial charge in [0, 0.05) is 12.2 Å². The number of thiophene rings is 1. The van der Waals surface area contributed by atoms with Gasteiger partial charge >= 0.3 is 11.8 Å². The molecule has 2 amide bonds. The second-order valence-corrected chi connectivity index (χ2v) is 5.37. The lowest BCUT2D eigenvalue weighted by atomic mass is 10.1. The summed E-state index contributed by atoms with van der Waals surface area (Å²) in [6, 6.07) is 7.56. The lowest BCUT2D eigenvalue weighted by Gasteiger charge is -2.09. The van der Waals surface area contributed by atoms with Crippen LogP contribution in [-0.2, 0) is 16.1 Å². The van der Waals surface area contributed by atoms with Crippen molar-refractivity contribution in [2.24, 2.45) is 0 Å². The molecule has 0 aliphatic carbocycles. The van der Waals surface area contributed by atoms with E-state index < -0.39 is 11.8 Å². The van der Waals surface area contributed by atoms with Gasteiger partial charge < -0.3 is 10.6 Å². The molecule has 5 heteroatoms. The van der Waals surface area contributed by atoms with Crippen LogP contribution < -0.4 is 10.6 Å². The summed E-state index contributed by atoms with van der Waals surface area (Å²) in [7, 11) is 0. The highest BCUT2D eigenvalue weighted by Crippen LogP contribution is 2.15. The van der Waals surface area contributed by atoms with Crippen LogP contribution >= 0.6 is 11.3 Å². The van der Waals surface area contributed by atoms with E-state index >= 15 is 0 Å². The van der Waals surface area contributed by atoms with Gasteiger partial charge in [-0.15, -0.1) is 0 Å². The highest BCUT2D eigenvalue weighted by atomic mass is 32.1. The molecule has 1 aromatic heterocycles. The Labute approximate surface area is 121 Å². The van der Waals surface area contributed by atoms with Crippen molar-refractivity contribution in [3.63, 3.8) is 0 Å². The van der Waals surface area contributed by atoms with Crippen molar-refractivity contribution in [1.29, 1.82) is 0 Å². The predicted molar refractivity (Wildman–Crippen MR) is 80.7 cm³/mol. The largest absolute Gasteiger partial charge is 0.344 e. The molecular formula is C15H16N2O2S. The first-order valence-corrected chi connectivity index (χ1v) is 7.18. The van der Waals surface area contributed by atoms with Gasteiger partial charge in [-0.3, -0.25) is 9.59 Å². The number of aryl methyl sites for hydroxylation is 2. The molecule has 0 aliphatic rings. The van der Waals surface area contributed by atoms with Gasteiger partial charge in [0.1, 0.15) is 0 Å². The van der Waals surface area contributed by atoms with Crippen LogP contribution in [0.3, 0.4) is 0 Å². The van der Waals surface area contributed by atoms with Crippen LogP contribution in [-0.4, -0.2) is 11.8 Å². The molecular weight excluding hydrogens is 272 g/mol. The highest BCUT2D eigenvalue weighted by Gasteiger charge is 2.14. The second-order valence-electron chi connectivity index (χ2n) is 4.59. The Bertz CT molecular complexity index is 621. The monoisotopic (exact) mass is 288 g/mol. The predicted octanol–water partition coefficient (Wildman–Crippen LogP) is 2.62. The van der Waals surface area contributed by atoms with Crippen LogP contribution in [0.4, 0.5) is 5.69 Å². The molecule has 0 radical (unpaired) electrons. The van der Waals surface area contributed by atoms with E-state index in [2.05, 4.69) is 10.6 Å². The minimum absolute atomic E-state index is 0.364. The van der Waals surface area contributed by atoms with Gasteiger partial charge in [-0.2, -0.15) is 11.3 Å². The van der Waals surface area contributed by atoms with Gasteiger partial charge in [-0.25, -0.2) is 0 Å². The van der Waals surface area contributed by atoms with Gasteiger partial charge in [0.25, 0.3) is 0 Å². The Morgan fingerprint density at radius 3 is 2.60 bits per heavy atom. The average Bonchev–Trinajstić information content (AvgIpc) is 2.92. The number of benzene rings is 1. The third-order valence-corrected chi connectivity index (χ3v) is 3.60. The number of amides is 2. The lowest BCUT2D eigenvalue weighted by molar-refractivity contribution is -0.136. The van der Waals surface area contributed by atoms with Crippen molar-refractivity contribution in [3.8, 4) is 0 Å². The number of carbonyl (C=O) groups is 2. The third kappa shape index (κ3) is 3.68. The van der Waals surface area contributed by atoms with Crippen LogP contribution in [0.25, 0.3) is 0 Å². The molecule has 20 heavy (non-hydrogen) atoms. The smallest absolute Gasteiger partial charge is 0.313 e. The standard InChI is InChI=1S/C15H16N2O2S/c1-10-3-4-13(11(2)7-10)17-15(19)14(18)16-8-12-5-6-20-9-12/h3-7,9H,8H2,1-2H3,(H,16,18)(H,17,19). The summed E-state index contributed by atoms with van der Waals surface area (Å²) in [5.74, 6) is -1.27. The summed E-state index contributed by atoms with van der Waals surface area (Å²) in [5.41, 5.74) is 3.69. The summed E-state index contributed by atoms with van der Waals surface area (Å²) in [4.78, 5) is 23.5. The molecule has 2 N–H and O–H groups in total. The van der Waals surface area contributed by atoms with Gasteiger partial charge in [0.2, 0.25) is 0 Å². The van der Waals surface area contributed by atoms with E-state index in [-0.39, 0.29) is 0 Å². The molecule has 0 saturated heterocycles. The highest BCUT2D eigenvalue weighted by molar-refractivity contribution is 7.07. The van der Waals surface area contributed by atoms with Crippen LogP contribution in [0.2, 0.25) is 0 Å². The minimum atomic E-state index is -0.646. The van der Waals surface area contributed by atoms with Gasteiger partial charge in [-0.1, -0.05) is 17.7 Å². The Morgan fingerprint density at radius 2 is 1.95 bits per heavy atom. The summed E-state index contributed by atoms with van der Waals surface area (Å²) >= 11 is 1.55. The molecule has 1 heterocycles. The fourth-order valence-electron chi connectivity index (χ4n) is 1.79. The molecule has 0 unspecified atom stereocenters.